The van der Waals surface area contributed by atoms with Crippen LogP contribution in [-0.2, 0) is 11.3 Å². The zero-order valence-electron chi connectivity index (χ0n) is 12.5. The normalized spacial score (nSPS) is 10.1. The van der Waals surface area contributed by atoms with Crippen LogP contribution in [0.25, 0.3) is 0 Å². The van der Waals surface area contributed by atoms with E-state index in [1.807, 2.05) is 42.5 Å². The zero-order valence-corrected chi connectivity index (χ0v) is 12.5. The summed E-state index contributed by atoms with van der Waals surface area (Å²) in [7, 11) is 1.60. The van der Waals surface area contributed by atoms with Crippen molar-refractivity contribution in [1.29, 1.82) is 0 Å². The lowest BCUT2D eigenvalue weighted by molar-refractivity contribution is -0.116. The second-order valence-electron chi connectivity index (χ2n) is 4.73. The summed E-state index contributed by atoms with van der Waals surface area (Å²) in [5.74, 6) is 1.31. The van der Waals surface area contributed by atoms with Crippen molar-refractivity contribution in [3.8, 4) is 11.5 Å². The van der Waals surface area contributed by atoms with Crippen molar-refractivity contribution >= 4 is 11.6 Å². The number of amides is 1. The minimum atomic E-state index is -0.0941. The van der Waals surface area contributed by atoms with Gasteiger partial charge in [0.05, 0.1) is 20.1 Å². The van der Waals surface area contributed by atoms with Crippen LogP contribution in [0.3, 0.4) is 0 Å². The lowest BCUT2D eigenvalue weighted by atomic mass is 10.2. The molecule has 0 aliphatic heterocycles. The van der Waals surface area contributed by atoms with Crippen molar-refractivity contribution in [3.63, 3.8) is 0 Å². The third-order valence-electron chi connectivity index (χ3n) is 3.11. The molecule has 0 saturated heterocycles. The fourth-order valence-corrected chi connectivity index (χ4v) is 1.90. The number of hydrogen-bond acceptors (Lipinski definition) is 4. The van der Waals surface area contributed by atoms with Crippen LogP contribution in [-0.4, -0.2) is 19.6 Å². The number of methoxy groups -OCH3 is 1. The summed E-state index contributed by atoms with van der Waals surface area (Å²) >= 11 is 0. The van der Waals surface area contributed by atoms with Gasteiger partial charge >= 0.3 is 0 Å². The monoisotopic (exact) mass is 300 g/mol. The quantitative estimate of drug-likeness (QED) is 0.824. The highest BCUT2D eigenvalue weighted by atomic mass is 16.5. The Labute approximate surface area is 130 Å². The molecule has 0 heterocycles. The van der Waals surface area contributed by atoms with Gasteiger partial charge in [0.2, 0.25) is 5.91 Å². The van der Waals surface area contributed by atoms with E-state index < -0.39 is 0 Å². The summed E-state index contributed by atoms with van der Waals surface area (Å²) in [6.07, 6.45) is 0.274. The second kappa shape index (κ2) is 8.05. The molecule has 2 aromatic rings. The largest absolute Gasteiger partial charge is 0.497 e. The highest BCUT2D eigenvalue weighted by molar-refractivity contribution is 5.90. The Morgan fingerprint density at radius 2 is 1.86 bits per heavy atom. The lowest BCUT2D eigenvalue weighted by Crippen LogP contribution is -2.15. The third kappa shape index (κ3) is 4.79. The molecule has 116 valence electrons. The Morgan fingerprint density at radius 1 is 1.14 bits per heavy atom. The highest BCUT2D eigenvalue weighted by Crippen LogP contribution is 2.19. The van der Waals surface area contributed by atoms with Gasteiger partial charge in [-0.2, -0.15) is 0 Å². The van der Waals surface area contributed by atoms with Gasteiger partial charge in [-0.25, -0.2) is 0 Å². The molecule has 22 heavy (non-hydrogen) atoms. The highest BCUT2D eigenvalue weighted by Gasteiger charge is 2.04. The van der Waals surface area contributed by atoms with Crippen molar-refractivity contribution in [1.82, 2.24) is 0 Å². The van der Waals surface area contributed by atoms with Crippen molar-refractivity contribution in [2.75, 3.05) is 19.0 Å². The predicted octanol–water partition coefficient (Wildman–Crippen LogP) is 2.56. The minimum absolute atomic E-state index is 0.0941. The molecule has 0 aromatic heterocycles. The van der Waals surface area contributed by atoms with Crippen molar-refractivity contribution in [2.45, 2.75) is 13.0 Å². The first-order valence-electron chi connectivity index (χ1n) is 7.07. The first kappa shape index (κ1) is 15.9. The summed E-state index contributed by atoms with van der Waals surface area (Å²) in [5, 5.41) is 2.82. The number of rotatable bonds is 7. The van der Waals surface area contributed by atoms with E-state index >= 15 is 0 Å². The molecule has 0 saturated carbocycles. The molecule has 0 radical (unpaired) electrons. The van der Waals surface area contributed by atoms with Crippen LogP contribution in [0.4, 0.5) is 5.69 Å². The van der Waals surface area contributed by atoms with E-state index in [2.05, 4.69) is 5.32 Å². The van der Waals surface area contributed by atoms with Crippen LogP contribution in [0.15, 0.2) is 48.5 Å². The van der Waals surface area contributed by atoms with Gasteiger partial charge in [0.25, 0.3) is 0 Å². The molecule has 0 unspecified atom stereocenters. The molecule has 0 aliphatic rings. The van der Waals surface area contributed by atoms with E-state index in [1.54, 1.807) is 13.2 Å². The number of hydrogen-bond donors (Lipinski definition) is 2. The van der Waals surface area contributed by atoms with Gasteiger partial charge in [-0.3, -0.25) is 4.79 Å². The summed E-state index contributed by atoms with van der Waals surface area (Å²) < 4.78 is 10.6. The van der Waals surface area contributed by atoms with Gasteiger partial charge in [0.15, 0.2) is 0 Å². The number of nitrogens with one attached hydrogen (secondary N) is 1. The van der Waals surface area contributed by atoms with Gasteiger partial charge in [0, 0.05) is 18.3 Å². The SMILES string of the molecule is COc1cccc(OCCC(=O)Nc2ccc(CN)cc2)c1. The third-order valence-corrected chi connectivity index (χ3v) is 3.11. The standard InChI is InChI=1S/C17H20N2O3/c1-21-15-3-2-4-16(11-15)22-10-9-17(20)19-14-7-5-13(12-18)6-8-14/h2-8,11H,9-10,12,18H2,1H3,(H,19,20). The minimum Gasteiger partial charge on any atom is -0.497 e. The Morgan fingerprint density at radius 3 is 2.55 bits per heavy atom. The summed E-state index contributed by atoms with van der Waals surface area (Å²) in [5.41, 5.74) is 7.31. The Balaban J connectivity index is 1.77. The molecule has 0 atom stereocenters. The maximum absolute atomic E-state index is 11.8. The fraction of sp³-hybridized carbons (Fsp3) is 0.235. The molecular formula is C17H20N2O3. The van der Waals surface area contributed by atoms with Gasteiger partial charge in [-0.1, -0.05) is 18.2 Å². The van der Waals surface area contributed by atoms with Crippen molar-refractivity contribution < 1.29 is 14.3 Å². The van der Waals surface area contributed by atoms with Crippen LogP contribution >= 0.6 is 0 Å². The van der Waals surface area contributed by atoms with E-state index in [4.69, 9.17) is 15.2 Å². The Bertz CT molecular complexity index is 612. The van der Waals surface area contributed by atoms with Crippen LogP contribution < -0.4 is 20.5 Å². The average molecular weight is 300 g/mol. The molecule has 0 spiro atoms. The number of carbonyl (C=O) groups is 1. The van der Waals surface area contributed by atoms with Crippen molar-refractivity contribution in [3.05, 3.63) is 54.1 Å². The van der Waals surface area contributed by atoms with E-state index in [-0.39, 0.29) is 12.3 Å². The maximum atomic E-state index is 11.8. The van der Waals surface area contributed by atoms with Crippen LogP contribution in [0.1, 0.15) is 12.0 Å². The molecular weight excluding hydrogens is 280 g/mol. The summed E-state index contributed by atoms with van der Waals surface area (Å²) in [4.78, 5) is 11.8. The molecule has 2 rings (SSSR count). The van der Waals surface area contributed by atoms with Crippen LogP contribution in [0, 0.1) is 0 Å². The lowest BCUT2D eigenvalue weighted by Gasteiger charge is -2.08. The fourth-order valence-electron chi connectivity index (χ4n) is 1.90. The average Bonchev–Trinajstić information content (AvgIpc) is 2.56. The summed E-state index contributed by atoms with van der Waals surface area (Å²) in [6.45, 7) is 0.794. The first-order valence-corrected chi connectivity index (χ1v) is 7.07. The topological polar surface area (TPSA) is 73.6 Å². The molecule has 0 aliphatic carbocycles. The summed E-state index contributed by atoms with van der Waals surface area (Å²) in [6, 6.07) is 14.7. The van der Waals surface area contributed by atoms with E-state index in [0.29, 0.717) is 18.9 Å². The molecule has 5 nitrogen and oxygen atoms in total. The van der Waals surface area contributed by atoms with Crippen LogP contribution in [0.2, 0.25) is 0 Å². The maximum Gasteiger partial charge on any atom is 0.227 e. The van der Waals surface area contributed by atoms with Gasteiger partial charge in [-0.05, 0) is 29.8 Å². The number of ether oxygens (including phenoxy) is 2. The number of benzene rings is 2. The molecule has 0 fully saturated rings. The molecule has 3 N–H and O–H groups in total. The molecule has 0 bridgehead atoms. The second-order valence-corrected chi connectivity index (χ2v) is 4.73. The van der Waals surface area contributed by atoms with Gasteiger partial charge < -0.3 is 20.5 Å². The van der Waals surface area contributed by atoms with Crippen molar-refractivity contribution in [2.24, 2.45) is 5.73 Å². The van der Waals surface area contributed by atoms with Gasteiger partial charge in [-0.15, -0.1) is 0 Å². The number of carbonyl (C=O) groups excluding carboxylic acids is 1. The zero-order chi connectivity index (χ0) is 15.8. The van der Waals surface area contributed by atoms with E-state index in [1.165, 1.54) is 0 Å². The Kier molecular flexibility index (Phi) is 5.80. The Hall–Kier alpha value is -2.53. The number of nitrogens with two attached hydrogens (primary N) is 1. The smallest absolute Gasteiger partial charge is 0.227 e. The van der Waals surface area contributed by atoms with Gasteiger partial charge in [0.1, 0.15) is 11.5 Å². The van der Waals surface area contributed by atoms with E-state index in [9.17, 15) is 4.79 Å². The molecule has 1 amide bonds. The predicted molar refractivity (Wildman–Crippen MR) is 86.1 cm³/mol. The first-order chi connectivity index (χ1) is 10.7. The van der Waals surface area contributed by atoms with E-state index in [0.717, 1.165) is 17.0 Å². The van der Waals surface area contributed by atoms with Crippen LogP contribution in [0.5, 0.6) is 11.5 Å². The number of anilines is 1. The molecule has 5 heteroatoms. The molecule has 2 aromatic carbocycles.